The molecule has 8 heteroatoms. The number of H-pyrrole nitrogens is 1. The minimum Gasteiger partial charge on any atom is -0.326 e. The van der Waals surface area contributed by atoms with Gasteiger partial charge >= 0.3 is 0 Å². The monoisotopic (exact) mass is 360 g/mol. The maximum absolute atomic E-state index is 12.5. The lowest BCUT2D eigenvalue weighted by Gasteiger charge is -2.05. The van der Waals surface area contributed by atoms with Gasteiger partial charge in [-0.05, 0) is 25.1 Å². The number of imidazole rings is 1. The Bertz CT molecular complexity index is 1270. The summed E-state index contributed by atoms with van der Waals surface area (Å²) < 4.78 is 1.91. The predicted molar refractivity (Wildman–Crippen MR) is 103 cm³/mol. The van der Waals surface area contributed by atoms with Crippen LogP contribution in [0.15, 0.2) is 58.4 Å². The van der Waals surface area contributed by atoms with Gasteiger partial charge in [0.05, 0.1) is 16.4 Å². The largest absolute Gasteiger partial charge is 0.326 e. The van der Waals surface area contributed by atoms with Crippen LogP contribution in [0.25, 0.3) is 21.8 Å². The Morgan fingerprint density at radius 2 is 1.81 bits per heavy atom. The molecule has 27 heavy (non-hydrogen) atoms. The zero-order valence-electron chi connectivity index (χ0n) is 14.7. The number of nitrogens with one attached hydrogen (secondary N) is 2. The third-order valence-electron chi connectivity index (χ3n) is 4.35. The molecule has 0 spiro atoms. The topological polar surface area (TPSA) is 105 Å². The molecule has 134 valence electrons. The Labute approximate surface area is 153 Å². The standard InChI is InChI=1S/C19H16N6O2/c1-11(17-20-14-9-5-6-10-15(14)25(17)2)21-24-19(27)16-12-7-3-4-8-13(12)18(26)23-22-16/h3-10H,1-2H3,(H,23,26)(H,24,27)/b21-11-. The van der Waals surface area contributed by atoms with Crippen LogP contribution in [0, 0.1) is 0 Å². The number of aromatic nitrogens is 4. The number of benzene rings is 2. The maximum atomic E-state index is 12.5. The van der Waals surface area contributed by atoms with E-state index in [1.807, 2.05) is 35.9 Å². The number of rotatable bonds is 3. The van der Waals surface area contributed by atoms with Gasteiger partial charge in [-0.2, -0.15) is 10.2 Å². The molecule has 1 amide bonds. The number of para-hydroxylation sites is 2. The first-order valence-electron chi connectivity index (χ1n) is 8.30. The second kappa shape index (κ2) is 6.49. The molecular formula is C19H16N6O2. The molecule has 2 aromatic carbocycles. The van der Waals surface area contributed by atoms with Crippen molar-refractivity contribution in [2.45, 2.75) is 6.92 Å². The van der Waals surface area contributed by atoms with Gasteiger partial charge in [0.25, 0.3) is 11.5 Å². The zero-order valence-corrected chi connectivity index (χ0v) is 14.7. The highest BCUT2D eigenvalue weighted by Gasteiger charge is 2.15. The van der Waals surface area contributed by atoms with E-state index in [9.17, 15) is 9.59 Å². The molecule has 0 unspecified atom stereocenters. The molecule has 0 saturated carbocycles. The number of nitrogens with zero attached hydrogens (tertiary/aromatic N) is 4. The summed E-state index contributed by atoms with van der Waals surface area (Å²) >= 11 is 0. The summed E-state index contributed by atoms with van der Waals surface area (Å²) in [7, 11) is 1.89. The summed E-state index contributed by atoms with van der Waals surface area (Å²) in [6.45, 7) is 1.76. The van der Waals surface area contributed by atoms with Gasteiger partial charge in [-0.3, -0.25) is 9.59 Å². The van der Waals surface area contributed by atoms with Gasteiger partial charge in [0.2, 0.25) is 0 Å². The Kier molecular flexibility index (Phi) is 4.00. The van der Waals surface area contributed by atoms with Crippen molar-refractivity contribution in [3.63, 3.8) is 0 Å². The normalized spacial score (nSPS) is 11.9. The molecule has 0 atom stereocenters. The lowest BCUT2D eigenvalue weighted by Crippen LogP contribution is -2.24. The van der Waals surface area contributed by atoms with Crippen LogP contribution in [0.2, 0.25) is 0 Å². The van der Waals surface area contributed by atoms with E-state index in [0.717, 1.165) is 11.0 Å². The molecular weight excluding hydrogens is 344 g/mol. The molecule has 0 aliphatic heterocycles. The van der Waals surface area contributed by atoms with Crippen molar-refractivity contribution in [3.05, 3.63) is 70.4 Å². The van der Waals surface area contributed by atoms with Crippen LogP contribution in [0.4, 0.5) is 0 Å². The van der Waals surface area contributed by atoms with Crippen molar-refractivity contribution in [3.8, 4) is 0 Å². The summed E-state index contributed by atoms with van der Waals surface area (Å²) in [5, 5.41) is 11.2. The van der Waals surface area contributed by atoms with Crippen molar-refractivity contribution >= 4 is 33.4 Å². The molecule has 0 saturated heterocycles. The van der Waals surface area contributed by atoms with Crippen molar-refractivity contribution < 1.29 is 4.79 Å². The van der Waals surface area contributed by atoms with Gasteiger partial charge in [-0.15, -0.1) is 0 Å². The van der Waals surface area contributed by atoms with E-state index in [-0.39, 0.29) is 11.3 Å². The van der Waals surface area contributed by atoms with E-state index in [4.69, 9.17) is 0 Å². The van der Waals surface area contributed by atoms with Gasteiger partial charge in [0, 0.05) is 12.4 Å². The second-order valence-corrected chi connectivity index (χ2v) is 6.07. The molecule has 2 heterocycles. The summed E-state index contributed by atoms with van der Waals surface area (Å²) in [5.74, 6) is 0.136. The molecule has 2 aromatic heterocycles. The highest BCUT2D eigenvalue weighted by atomic mass is 16.2. The van der Waals surface area contributed by atoms with E-state index < -0.39 is 5.91 Å². The van der Waals surface area contributed by atoms with Crippen LogP contribution in [0.1, 0.15) is 23.2 Å². The molecule has 0 bridgehead atoms. The van der Waals surface area contributed by atoms with E-state index >= 15 is 0 Å². The molecule has 0 aliphatic rings. The van der Waals surface area contributed by atoms with Gasteiger partial charge in [0.1, 0.15) is 5.71 Å². The van der Waals surface area contributed by atoms with Gasteiger partial charge in [0.15, 0.2) is 11.5 Å². The lowest BCUT2D eigenvalue weighted by molar-refractivity contribution is 0.0950. The predicted octanol–water partition coefficient (Wildman–Crippen LogP) is 1.96. The molecule has 8 nitrogen and oxygen atoms in total. The number of hydrogen-bond acceptors (Lipinski definition) is 5. The Hall–Kier alpha value is -3.81. The summed E-state index contributed by atoms with van der Waals surface area (Å²) in [5.41, 5.74) is 4.63. The first-order valence-corrected chi connectivity index (χ1v) is 8.30. The summed E-state index contributed by atoms with van der Waals surface area (Å²) in [6.07, 6.45) is 0. The minimum atomic E-state index is -0.513. The SMILES string of the molecule is C/C(=N/NC(=O)c1n[nH]c(=O)c2ccccc12)c1nc2ccccc2n1C. The van der Waals surface area contributed by atoms with Gasteiger partial charge < -0.3 is 4.57 Å². The second-order valence-electron chi connectivity index (χ2n) is 6.07. The number of hydrogen-bond donors (Lipinski definition) is 2. The molecule has 0 radical (unpaired) electrons. The number of carbonyl (C=O) groups excluding carboxylic acids is 1. The van der Waals surface area contributed by atoms with E-state index in [1.165, 1.54) is 0 Å². The van der Waals surface area contributed by atoms with Crippen molar-refractivity contribution in [1.82, 2.24) is 25.2 Å². The Morgan fingerprint density at radius 3 is 2.59 bits per heavy atom. The number of amides is 1. The highest BCUT2D eigenvalue weighted by molar-refractivity contribution is 6.06. The van der Waals surface area contributed by atoms with Crippen LogP contribution in [0.3, 0.4) is 0 Å². The van der Waals surface area contributed by atoms with Crippen molar-refractivity contribution in [2.24, 2.45) is 12.1 Å². The number of hydrazone groups is 1. The van der Waals surface area contributed by atoms with Crippen LogP contribution < -0.4 is 11.0 Å². The number of aromatic amines is 1. The number of carbonyl (C=O) groups is 1. The van der Waals surface area contributed by atoms with Crippen LogP contribution in [-0.4, -0.2) is 31.4 Å². The fraction of sp³-hybridized carbons (Fsp3) is 0.105. The molecule has 0 aliphatic carbocycles. The lowest BCUT2D eigenvalue weighted by atomic mass is 10.1. The summed E-state index contributed by atoms with van der Waals surface area (Å²) in [6, 6.07) is 14.5. The van der Waals surface area contributed by atoms with Crippen molar-refractivity contribution in [2.75, 3.05) is 0 Å². The first-order chi connectivity index (χ1) is 13.1. The zero-order chi connectivity index (χ0) is 19.0. The fourth-order valence-corrected chi connectivity index (χ4v) is 2.99. The average molecular weight is 360 g/mol. The average Bonchev–Trinajstić information content (AvgIpc) is 3.03. The molecule has 0 fully saturated rings. The summed E-state index contributed by atoms with van der Waals surface area (Å²) in [4.78, 5) is 28.9. The minimum absolute atomic E-state index is 0.103. The maximum Gasteiger partial charge on any atom is 0.292 e. The Balaban J connectivity index is 1.66. The third-order valence-corrected chi connectivity index (χ3v) is 4.35. The van der Waals surface area contributed by atoms with E-state index in [0.29, 0.717) is 22.3 Å². The number of fused-ring (bicyclic) bond motifs is 2. The first kappa shape index (κ1) is 16.6. The molecule has 4 rings (SSSR count). The number of aryl methyl sites for hydroxylation is 1. The van der Waals surface area contributed by atoms with E-state index in [1.54, 1.807) is 31.2 Å². The third kappa shape index (κ3) is 2.86. The fourth-order valence-electron chi connectivity index (χ4n) is 2.99. The highest BCUT2D eigenvalue weighted by Crippen LogP contribution is 2.15. The van der Waals surface area contributed by atoms with Crippen LogP contribution >= 0.6 is 0 Å². The van der Waals surface area contributed by atoms with Gasteiger partial charge in [-0.25, -0.2) is 15.5 Å². The molecule has 4 aromatic rings. The molecule has 2 N–H and O–H groups in total. The quantitative estimate of drug-likeness (QED) is 0.430. The van der Waals surface area contributed by atoms with Crippen molar-refractivity contribution in [1.29, 1.82) is 0 Å². The Morgan fingerprint density at radius 1 is 1.11 bits per heavy atom. The van der Waals surface area contributed by atoms with Crippen LogP contribution in [0.5, 0.6) is 0 Å². The van der Waals surface area contributed by atoms with Crippen LogP contribution in [-0.2, 0) is 7.05 Å². The van der Waals surface area contributed by atoms with E-state index in [2.05, 4.69) is 25.7 Å². The van der Waals surface area contributed by atoms with Gasteiger partial charge in [-0.1, -0.05) is 30.3 Å². The smallest absolute Gasteiger partial charge is 0.292 e.